The number of benzene rings is 2. The number of hydrogen-bond acceptors (Lipinski definition) is 4. The highest BCUT2D eigenvalue weighted by Crippen LogP contribution is 2.16. The molecule has 5 nitrogen and oxygen atoms in total. The number of rotatable bonds is 8. The van der Waals surface area contributed by atoms with Gasteiger partial charge in [0.1, 0.15) is 0 Å². The molecule has 2 rings (SSSR count). The second-order valence-electron chi connectivity index (χ2n) is 6.29. The van der Waals surface area contributed by atoms with Gasteiger partial charge in [0.2, 0.25) is 0 Å². The lowest BCUT2D eigenvalue weighted by Gasteiger charge is -2.09. The maximum Gasteiger partial charge on any atom is 0.267 e. The summed E-state index contributed by atoms with van der Waals surface area (Å²) in [5, 5.41) is 11.8. The number of hydrogen-bond donors (Lipinski definition) is 3. The summed E-state index contributed by atoms with van der Waals surface area (Å²) in [4.78, 5) is 23.5. The summed E-state index contributed by atoms with van der Waals surface area (Å²) in [6, 6.07) is 17.5. The van der Waals surface area contributed by atoms with Gasteiger partial charge in [-0.2, -0.15) is 0 Å². The van der Waals surface area contributed by atoms with Gasteiger partial charge in [-0.25, -0.2) is 5.48 Å². The van der Waals surface area contributed by atoms with E-state index in [4.69, 9.17) is 5.21 Å². The molecule has 2 aromatic carbocycles. The Balaban J connectivity index is 1.95. The molecule has 0 spiro atoms. The number of carbonyl (C=O) groups excluding carboxylic acids is 2. The van der Waals surface area contributed by atoms with Gasteiger partial charge in [-0.15, -0.1) is 0 Å². The van der Waals surface area contributed by atoms with Gasteiger partial charge in [0.25, 0.3) is 5.91 Å². The molecule has 3 N–H and O–H groups in total. The first-order valence-corrected chi connectivity index (χ1v) is 8.72. The molecule has 0 aliphatic rings. The standard InChI is InChI=1S/C22H24N2O3/c1-16(8-13-21(25)24-27)14-17(2)22(26)19-9-11-20(12-10-19)23-15-18-6-4-3-5-7-18/h3-14,17,23,27H,15H2,1-2H3,(H,24,25)/t17-/m1/s1. The molecule has 0 saturated heterocycles. The molecule has 0 radical (unpaired) electrons. The zero-order valence-corrected chi connectivity index (χ0v) is 15.5. The van der Waals surface area contributed by atoms with Gasteiger partial charge in [-0.05, 0) is 36.8 Å². The quantitative estimate of drug-likeness (QED) is 0.216. The van der Waals surface area contributed by atoms with Crippen molar-refractivity contribution in [1.82, 2.24) is 5.48 Å². The third kappa shape index (κ3) is 6.56. The van der Waals surface area contributed by atoms with Crippen LogP contribution in [-0.4, -0.2) is 16.9 Å². The molecular weight excluding hydrogens is 340 g/mol. The average molecular weight is 364 g/mol. The van der Waals surface area contributed by atoms with Crippen molar-refractivity contribution in [3.05, 3.63) is 89.5 Å². The maximum atomic E-state index is 12.6. The number of nitrogens with one attached hydrogen (secondary N) is 2. The van der Waals surface area contributed by atoms with Gasteiger partial charge in [0, 0.05) is 29.8 Å². The lowest BCUT2D eigenvalue weighted by Crippen LogP contribution is -2.15. The first kappa shape index (κ1) is 20.1. The number of Topliss-reactive ketones (excluding diaryl/α,β-unsaturated/α-hetero) is 1. The Hall–Kier alpha value is -3.18. The predicted molar refractivity (Wildman–Crippen MR) is 107 cm³/mol. The fourth-order valence-electron chi connectivity index (χ4n) is 2.59. The largest absolute Gasteiger partial charge is 0.381 e. The molecule has 27 heavy (non-hydrogen) atoms. The van der Waals surface area contributed by atoms with E-state index in [1.807, 2.05) is 49.4 Å². The normalized spacial score (nSPS) is 12.6. The van der Waals surface area contributed by atoms with Crippen LogP contribution in [0.1, 0.15) is 29.8 Å². The molecule has 2 aromatic rings. The van der Waals surface area contributed by atoms with Crippen LogP contribution in [0.4, 0.5) is 5.69 Å². The van der Waals surface area contributed by atoms with Crippen molar-refractivity contribution in [2.45, 2.75) is 20.4 Å². The summed E-state index contributed by atoms with van der Waals surface area (Å²) in [7, 11) is 0. The van der Waals surface area contributed by atoms with Gasteiger partial charge in [-0.1, -0.05) is 55.0 Å². The van der Waals surface area contributed by atoms with Crippen LogP contribution in [0, 0.1) is 5.92 Å². The molecule has 0 saturated carbocycles. The van der Waals surface area contributed by atoms with E-state index in [9.17, 15) is 9.59 Å². The molecule has 140 valence electrons. The van der Waals surface area contributed by atoms with E-state index < -0.39 is 5.91 Å². The van der Waals surface area contributed by atoms with Crippen molar-refractivity contribution >= 4 is 17.4 Å². The number of anilines is 1. The minimum absolute atomic E-state index is 0.00368. The molecule has 0 fully saturated rings. The van der Waals surface area contributed by atoms with E-state index in [0.717, 1.165) is 17.8 Å². The molecule has 5 heteroatoms. The van der Waals surface area contributed by atoms with E-state index in [0.29, 0.717) is 5.56 Å². The van der Waals surface area contributed by atoms with Gasteiger partial charge in [0.05, 0.1) is 0 Å². The molecule has 0 aliphatic heterocycles. The summed E-state index contributed by atoms with van der Waals surface area (Å²) in [5.74, 6) is -0.931. The van der Waals surface area contributed by atoms with E-state index in [1.54, 1.807) is 19.1 Å². The fourth-order valence-corrected chi connectivity index (χ4v) is 2.59. The highest BCUT2D eigenvalue weighted by atomic mass is 16.5. The molecular formula is C22H24N2O3. The van der Waals surface area contributed by atoms with Crippen molar-refractivity contribution in [2.24, 2.45) is 5.92 Å². The Kier molecular flexibility index (Phi) is 7.52. The minimum atomic E-state index is -0.611. The zero-order valence-electron chi connectivity index (χ0n) is 15.5. The second-order valence-corrected chi connectivity index (χ2v) is 6.29. The highest BCUT2D eigenvalue weighted by molar-refractivity contribution is 5.99. The van der Waals surface area contributed by atoms with Gasteiger partial charge in [0.15, 0.2) is 5.78 Å². The van der Waals surface area contributed by atoms with Crippen LogP contribution >= 0.6 is 0 Å². The Labute approximate surface area is 159 Å². The predicted octanol–water partition coefficient (Wildman–Crippen LogP) is 4.13. The summed E-state index contributed by atoms with van der Waals surface area (Å²) in [5.41, 5.74) is 5.06. The monoisotopic (exact) mass is 364 g/mol. The van der Waals surface area contributed by atoms with Gasteiger partial charge < -0.3 is 5.32 Å². The Morgan fingerprint density at radius 2 is 1.70 bits per heavy atom. The van der Waals surface area contributed by atoms with Crippen molar-refractivity contribution < 1.29 is 14.8 Å². The van der Waals surface area contributed by atoms with Crippen molar-refractivity contribution in [3.8, 4) is 0 Å². The van der Waals surface area contributed by atoms with E-state index in [1.165, 1.54) is 17.1 Å². The number of ketones is 1. The van der Waals surface area contributed by atoms with E-state index >= 15 is 0 Å². The van der Waals surface area contributed by atoms with Crippen LogP contribution in [0.3, 0.4) is 0 Å². The molecule has 0 aliphatic carbocycles. The Bertz CT molecular complexity index is 824. The van der Waals surface area contributed by atoms with Crippen LogP contribution in [-0.2, 0) is 11.3 Å². The maximum absolute atomic E-state index is 12.6. The second kappa shape index (κ2) is 10.1. The van der Waals surface area contributed by atoms with Crippen LogP contribution in [0.2, 0.25) is 0 Å². The number of hydroxylamine groups is 1. The molecule has 0 unspecified atom stereocenters. The molecule has 1 atom stereocenters. The van der Waals surface area contributed by atoms with Crippen LogP contribution in [0.15, 0.2) is 78.4 Å². The van der Waals surface area contributed by atoms with Crippen LogP contribution in [0.25, 0.3) is 0 Å². The highest BCUT2D eigenvalue weighted by Gasteiger charge is 2.13. The summed E-state index contributed by atoms with van der Waals surface area (Å²) in [6.45, 7) is 4.33. The lowest BCUT2D eigenvalue weighted by molar-refractivity contribution is -0.124. The molecule has 0 aromatic heterocycles. The Morgan fingerprint density at radius 3 is 2.33 bits per heavy atom. The summed E-state index contributed by atoms with van der Waals surface area (Å²) >= 11 is 0. The van der Waals surface area contributed by atoms with Crippen molar-refractivity contribution in [1.29, 1.82) is 0 Å². The van der Waals surface area contributed by atoms with Crippen molar-refractivity contribution in [2.75, 3.05) is 5.32 Å². The fraction of sp³-hybridized carbons (Fsp3) is 0.182. The van der Waals surface area contributed by atoms with Crippen LogP contribution in [0.5, 0.6) is 0 Å². The van der Waals surface area contributed by atoms with Crippen molar-refractivity contribution in [3.63, 3.8) is 0 Å². The smallest absolute Gasteiger partial charge is 0.267 e. The molecule has 0 heterocycles. The minimum Gasteiger partial charge on any atom is -0.381 e. The molecule has 0 bridgehead atoms. The SMILES string of the molecule is CC(C=CC(=O)NO)=C[C@@H](C)C(=O)c1ccc(NCc2ccccc2)cc1. The van der Waals surface area contributed by atoms with E-state index in [2.05, 4.69) is 17.4 Å². The third-order valence-electron chi connectivity index (χ3n) is 4.04. The van der Waals surface area contributed by atoms with Crippen LogP contribution < -0.4 is 10.8 Å². The van der Waals surface area contributed by atoms with Gasteiger partial charge in [-0.3, -0.25) is 14.8 Å². The number of amides is 1. The first-order chi connectivity index (χ1) is 13.0. The molecule has 1 amide bonds. The summed E-state index contributed by atoms with van der Waals surface area (Å²) in [6.07, 6.45) is 4.53. The third-order valence-corrected chi connectivity index (χ3v) is 4.04. The Morgan fingerprint density at radius 1 is 1.04 bits per heavy atom. The average Bonchev–Trinajstić information content (AvgIpc) is 2.71. The first-order valence-electron chi connectivity index (χ1n) is 8.72. The van der Waals surface area contributed by atoms with Gasteiger partial charge >= 0.3 is 0 Å². The lowest BCUT2D eigenvalue weighted by atomic mass is 9.97. The number of carbonyl (C=O) groups is 2. The number of allylic oxidation sites excluding steroid dienone is 3. The summed E-state index contributed by atoms with van der Waals surface area (Å²) < 4.78 is 0. The topological polar surface area (TPSA) is 78.4 Å². The zero-order chi connectivity index (χ0) is 19.6. The van der Waals surface area contributed by atoms with E-state index in [-0.39, 0.29) is 11.7 Å².